The first-order chi connectivity index (χ1) is 11.2. The van der Waals surface area contributed by atoms with Gasteiger partial charge in [0.05, 0.1) is 12.1 Å². The zero-order valence-corrected chi connectivity index (χ0v) is 13.9. The minimum Gasteiger partial charge on any atom is -0.366 e. The van der Waals surface area contributed by atoms with Crippen LogP contribution in [0.25, 0.3) is 0 Å². The Hall–Kier alpha value is -2.34. The maximum absolute atomic E-state index is 5.81. The number of halogens is 1. The van der Waals surface area contributed by atoms with Crippen molar-refractivity contribution in [2.45, 2.75) is 18.5 Å². The van der Waals surface area contributed by atoms with Crippen molar-refractivity contribution in [2.75, 3.05) is 11.1 Å². The van der Waals surface area contributed by atoms with Gasteiger partial charge in [-0.3, -0.25) is 0 Å². The SMILES string of the molecule is Nc1nc2n(n1)[C@@H](c1ccccc1)C[C@H](c1ccc(Br)cc1)N2. The van der Waals surface area contributed by atoms with Gasteiger partial charge in [-0.25, -0.2) is 4.68 Å². The number of nitrogens with zero attached hydrogens (tertiary/aromatic N) is 3. The smallest absolute Gasteiger partial charge is 0.241 e. The van der Waals surface area contributed by atoms with E-state index in [1.807, 2.05) is 22.9 Å². The number of fused-ring (bicyclic) bond motifs is 1. The number of nitrogen functional groups attached to an aromatic ring is 1. The summed E-state index contributed by atoms with van der Waals surface area (Å²) in [6, 6.07) is 19.0. The Labute approximate surface area is 142 Å². The summed E-state index contributed by atoms with van der Waals surface area (Å²) in [6.45, 7) is 0. The first kappa shape index (κ1) is 14.3. The number of benzene rings is 2. The molecule has 2 aromatic carbocycles. The van der Waals surface area contributed by atoms with Gasteiger partial charge in [0, 0.05) is 4.47 Å². The van der Waals surface area contributed by atoms with Crippen molar-refractivity contribution in [1.29, 1.82) is 0 Å². The van der Waals surface area contributed by atoms with Crippen LogP contribution in [0.15, 0.2) is 59.1 Å². The summed E-state index contributed by atoms with van der Waals surface area (Å²) in [5.74, 6) is 1.01. The molecule has 0 bridgehead atoms. The highest BCUT2D eigenvalue weighted by atomic mass is 79.9. The van der Waals surface area contributed by atoms with E-state index in [2.05, 4.69) is 67.7 Å². The lowest BCUT2D eigenvalue weighted by molar-refractivity contribution is 0.431. The van der Waals surface area contributed by atoms with Crippen molar-refractivity contribution in [2.24, 2.45) is 0 Å². The molecule has 1 aliphatic heterocycles. The van der Waals surface area contributed by atoms with Gasteiger partial charge in [0.2, 0.25) is 11.9 Å². The van der Waals surface area contributed by atoms with Crippen molar-refractivity contribution in [3.8, 4) is 0 Å². The molecule has 0 fully saturated rings. The summed E-state index contributed by atoms with van der Waals surface area (Å²) in [5.41, 5.74) is 8.25. The zero-order chi connectivity index (χ0) is 15.8. The van der Waals surface area contributed by atoms with Gasteiger partial charge in [0.1, 0.15) is 0 Å². The third kappa shape index (κ3) is 2.70. The molecule has 2 atom stereocenters. The highest BCUT2D eigenvalue weighted by molar-refractivity contribution is 9.10. The highest BCUT2D eigenvalue weighted by Gasteiger charge is 2.30. The molecule has 0 saturated carbocycles. The van der Waals surface area contributed by atoms with E-state index in [0.29, 0.717) is 5.95 Å². The maximum atomic E-state index is 5.81. The van der Waals surface area contributed by atoms with Gasteiger partial charge in [-0.15, -0.1) is 5.10 Å². The molecule has 6 heteroatoms. The Morgan fingerprint density at radius 3 is 2.52 bits per heavy atom. The second-order valence-corrected chi connectivity index (χ2v) is 6.56. The number of rotatable bonds is 2. The van der Waals surface area contributed by atoms with E-state index in [9.17, 15) is 0 Å². The molecule has 2 heterocycles. The van der Waals surface area contributed by atoms with Gasteiger partial charge in [-0.1, -0.05) is 58.4 Å². The average Bonchev–Trinajstić information content (AvgIpc) is 2.95. The molecule has 1 aliphatic rings. The predicted octanol–water partition coefficient (Wildman–Crippen LogP) is 3.77. The van der Waals surface area contributed by atoms with Crippen LogP contribution in [0.5, 0.6) is 0 Å². The van der Waals surface area contributed by atoms with Gasteiger partial charge in [0.15, 0.2) is 0 Å². The lowest BCUT2D eigenvalue weighted by Gasteiger charge is -2.31. The van der Waals surface area contributed by atoms with Crippen molar-refractivity contribution in [1.82, 2.24) is 14.8 Å². The van der Waals surface area contributed by atoms with Gasteiger partial charge in [-0.2, -0.15) is 4.98 Å². The van der Waals surface area contributed by atoms with Crippen LogP contribution in [0.1, 0.15) is 29.6 Å². The Balaban J connectivity index is 1.75. The lowest BCUT2D eigenvalue weighted by Crippen LogP contribution is -2.28. The van der Waals surface area contributed by atoms with Crippen LogP contribution in [0.2, 0.25) is 0 Å². The van der Waals surface area contributed by atoms with E-state index in [1.54, 1.807) is 0 Å². The van der Waals surface area contributed by atoms with Crippen molar-refractivity contribution >= 4 is 27.8 Å². The van der Waals surface area contributed by atoms with Crippen LogP contribution in [0.3, 0.4) is 0 Å². The molecule has 3 N–H and O–H groups in total. The number of aromatic nitrogens is 3. The lowest BCUT2D eigenvalue weighted by atomic mass is 9.93. The summed E-state index contributed by atoms with van der Waals surface area (Å²) in [6.07, 6.45) is 0.890. The fraction of sp³-hybridized carbons (Fsp3) is 0.176. The molecular weight excluding hydrogens is 354 g/mol. The molecule has 23 heavy (non-hydrogen) atoms. The van der Waals surface area contributed by atoms with E-state index >= 15 is 0 Å². The summed E-state index contributed by atoms with van der Waals surface area (Å²) in [7, 11) is 0. The summed E-state index contributed by atoms with van der Waals surface area (Å²) < 4.78 is 2.96. The van der Waals surface area contributed by atoms with Crippen LogP contribution in [0.4, 0.5) is 11.9 Å². The van der Waals surface area contributed by atoms with Crippen LogP contribution in [0, 0.1) is 0 Å². The molecule has 5 nitrogen and oxygen atoms in total. The molecule has 116 valence electrons. The minimum absolute atomic E-state index is 0.117. The van der Waals surface area contributed by atoms with Crippen molar-refractivity contribution in [3.05, 3.63) is 70.2 Å². The molecule has 0 radical (unpaired) electrons. The number of nitrogens with two attached hydrogens (primary N) is 1. The van der Waals surface area contributed by atoms with Crippen molar-refractivity contribution < 1.29 is 0 Å². The minimum atomic E-state index is 0.117. The largest absolute Gasteiger partial charge is 0.366 e. The Bertz CT molecular complexity index is 813. The Morgan fingerprint density at radius 1 is 1.04 bits per heavy atom. The molecule has 4 rings (SSSR count). The van der Waals surface area contributed by atoms with E-state index in [-0.39, 0.29) is 12.1 Å². The van der Waals surface area contributed by atoms with Crippen LogP contribution >= 0.6 is 15.9 Å². The van der Waals surface area contributed by atoms with Crippen LogP contribution < -0.4 is 11.1 Å². The quantitative estimate of drug-likeness (QED) is 0.721. The summed E-state index contributed by atoms with van der Waals surface area (Å²) >= 11 is 3.48. The highest BCUT2D eigenvalue weighted by Crippen LogP contribution is 2.38. The Morgan fingerprint density at radius 2 is 1.78 bits per heavy atom. The summed E-state index contributed by atoms with van der Waals surface area (Å²) in [4.78, 5) is 4.33. The second-order valence-electron chi connectivity index (χ2n) is 5.65. The van der Waals surface area contributed by atoms with Crippen LogP contribution in [-0.2, 0) is 0 Å². The molecule has 1 aromatic heterocycles. The summed E-state index contributed by atoms with van der Waals surface area (Å²) in [5, 5.41) is 7.81. The Kier molecular flexibility index (Phi) is 3.53. The third-order valence-electron chi connectivity index (χ3n) is 4.16. The van der Waals surface area contributed by atoms with Gasteiger partial charge < -0.3 is 11.1 Å². The standard InChI is InChI=1S/C17H16BrN5/c18-13-8-6-11(7-9-13)14-10-15(12-4-2-1-3-5-12)23-17(20-14)21-16(19)22-23/h1-9,14-15H,10H2,(H3,19,20,21,22)/t14-,15-/m1/s1. The first-order valence-corrected chi connectivity index (χ1v) is 8.29. The molecule has 3 aromatic rings. The number of hydrogen-bond donors (Lipinski definition) is 2. The van der Waals surface area contributed by atoms with Gasteiger partial charge in [0.25, 0.3) is 0 Å². The average molecular weight is 370 g/mol. The van der Waals surface area contributed by atoms with Gasteiger partial charge >= 0.3 is 0 Å². The zero-order valence-electron chi connectivity index (χ0n) is 12.4. The molecular formula is C17H16BrN5. The van der Waals surface area contributed by atoms with E-state index in [1.165, 1.54) is 11.1 Å². The monoisotopic (exact) mass is 369 g/mol. The maximum Gasteiger partial charge on any atom is 0.241 e. The predicted molar refractivity (Wildman–Crippen MR) is 94.1 cm³/mol. The number of hydrogen-bond acceptors (Lipinski definition) is 4. The normalized spacial score (nSPS) is 19.9. The van der Waals surface area contributed by atoms with Crippen molar-refractivity contribution in [3.63, 3.8) is 0 Å². The molecule has 0 unspecified atom stereocenters. The molecule has 0 amide bonds. The van der Waals surface area contributed by atoms with E-state index in [4.69, 9.17) is 5.73 Å². The third-order valence-corrected chi connectivity index (χ3v) is 4.69. The molecule has 0 aliphatic carbocycles. The second kappa shape index (κ2) is 5.70. The first-order valence-electron chi connectivity index (χ1n) is 7.49. The van der Waals surface area contributed by atoms with Gasteiger partial charge in [-0.05, 0) is 29.7 Å². The topological polar surface area (TPSA) is 68.8 Å². The van der Waals surface area contributed by atoms with Crippen LogP contribution in [-0.4, -0.2) is 14.8 Å². The number of nitrogens with one attached hydrogen (secondary N) is 1. The fourth-order valence-electron chi connectivity index (χ4n) is 3.06. The molecule has 0 spiro atoms. The van der Waals surface area contributed by atoms with E-state index < -0.39 is 0 Å². The number of anilines is 2. The molecule has 0 saturated heterocycles. The fourth-order valence-corrected chi connectivity index (χ4v) is 3.32. The van der Waals surface area contributed by atoms with E-state index in [0.717, 1.165) is 16.8 Å².